The van der Waals surface area contributed by atoms with Crippen LogP contribution >= 0.6 is 15.9 Å². The first-order valence-corrected chi connectivity index (χ1v) is 6.96. The van der Waals surface area contributed by atoms with Gasteiger partial charge in [0.1, 0.15) is 11.9 Å². The molecule has 1 aliphatic heterocycles. The second kappa shape index (κ2) is 4.58. The van der Waals surface area contributed by atoms with Gasteiger partial charge in [0, 0.05) is 23.5 Å². The maximum Gasteiger partial charge on any atom is 0.139 e. The number of aromatic nitrogens is 1. The summed E-state index contributed by atoms with van der Waals surface area (Å²) >= 11 is 3.41. The van der Waals surface area contributed by atoms with Crippen molar-refractivity contribution in [1.29, 1.82) is 0 Å². The van der Waals surface area contributed by atoms with Crippen molar-refractivity contribution >= 4 is 15.9 Å². The van der Waals surface area contributed by atoms with Crippen molar-refractivity contribution in [1.82, 2.24) is 4.98 Å². The first-order valence-electron chi connectivity index (χ1n) is 6.17. The van der Waals surface area contributed by atoms with Crippen LogP contribution in [0, 0.1) is 0 Å². The average Bonchev–Trinajstić information content (AvgIpc) is 2.27. The summed E-state index contributed by atoms with van der Waals surface area (Å²) < 4.78 is 12.8. The lowest BCUT2D eigenvalue weighted by Crippen LogP contribution is -2.48. The molecule has 0 aromatic carbocycles. The van der Waals surface area contributed by atoms with E-state index in [4.69, 9.17) is 9.47 Å². The van der Waals surface area contributed by atoms with Crippen LogP contribution in [0.25, 0.3) is 0 Å². The Morgan fingerprint density at radius 3 is 3.00 bits per heavy atom. The Hall–Kier alpha value is -0.610. The minimum atomic E-state index is 0.141. The van der Waals surface area contributed by atoms with Crippen LogP contribution in [-0.4, -0.2) is 23.3 Å². The molecule has 4 heteroatoms. The molecule has 1 aromatic rings. The van der Waals surface area contributed by atoms with Gasteiger partial charge in [-0.15, -0.1) is 0 Å². The van der Waals surface area contributed by atoms with Crippen LogP contribution in [0.2, 0.25) is 0 Å². The van der Waals surface area contributed by atoms with E-state index in [1.165, 1.54) is 19.3 Å². The molecule has 1 aromatic heterocycles. The van der Waals surface area contributed by atoms with Gasteiger partial charge < -0.3 is 9.47 Å². The number of hydrogen-bond donors (Lipinski definition) is 0. The van der Waals surface area contributed by atoms with Crippen LogP contribution < -0.4 is 4.74 Å². The number of halogens is 1. The number of ether oxygens (including phenoxy) is 2. The summed E-state index contributed by atoms with van der Waals surface area (Å²) in [6.45, 7) is 0.825. The molecule has 3 rings (SSSR count). The SMILES string of the molecule is Brc1cncc(OC2CCOC3(CCC3)C2)c1. The topological polar surface area (TPSA) is 31.4 Å². The van der Waals surface area contributed by atoms with E-state index in [1.807, 2.05) is 6.07 Å². The van der Waals surface area contributed by atoms with Crippen molar-refractivity contribution in [2.24, 2.45) is 0 Å². The van der Waals surface area contributed by atoms with E-state index in [-0.39, 0.29) is 11.7 Å². The lowest BCUT2D eigenvalue weighted by Gasteiger charge is -2.46. The molecule has 17 heavy (non-hydrogen) atoms. The van der Waals surface area contributed by atoms with Crippen molar-refractivity contribution < 1.29 is 9.47 Å². The van der Waals surface area contributed by atoms with Gasteiger partial charge in [-0.1, -0.05) is 0 Å². The van der Waals surface area contributed by atoms with Gasteiger partial charge in [-0.3, -0.25) is 4.98 Å². The molecule has 0 bridgehead atoms. The van der Waals surface area contributed by atoms with E-state index in [9.17, 15) is 0 Å². The number of hydrogen-bond acceptors (Lipinski definition) is 3. The van der Waals surface area contributed by atoms with Crippen LogP contribution in [0.5, 0.6) is 5.75 Å². The highest BCUT2D eigenvalue weighted by Gasteiger charge is 2.43. The summed E-state index contributed by atoms with van der Waals surface area (Å²) in [6, 6.07) is 1.97. The molecule has 2 heterocycles. The van der Waals surface area contributed by atoms with E-state index in [1.54, 1.807) is 12.4 Å². The largest absolute Gasteiger partial charge is 0.489 e. The molecule has 1 spiro atoms. The third-order valence-corrected chi connectivity index (χ3v) is 4.13. The molecule has 1 aliphatic carbocycles. The maximum atomic E-state index is 5.99. The number of nitrogens with zero attached hydrogens (tertiary/aromatic N) is 1. The van der Waals surface area contributed by atoms with Crippen LogP contribution in [0.15, 0.2) is 22.9 Å². The molecule has 1 unspecified atom stereocenters. The van der Waals surface area contributed by atoms with Gasteiger partial charge in [0.25, 0.3) is 0 Å². The molecule has 0 radical (unpaired) electrons. The molecular weight excluding hydrogens is 282 g/mol. The highest BCUT2D eigenvalue weighted by molar-refractivity contribution is 9.10. The fourth-order valence-corrected chi connectivity index (χ4v) is 3.00. The van der Waals surface area contributed by atoms with Crippen molar-refractivity contribution in [3.05, 3.63) is 22.9 Å². The van der Waals surface area contributed by atoms with Gasteiger partial charge in [0.2, 0.25) is 0 Å². The molecule has 0 N–H and O–H groups in total. The summed E-state index contributed by atoms with van der Waals surface area (Å²) in [5.41, 5.74) is 0.141. The van der Waals surface area contributed by atoms with Crippen LogP contribution in [-0.2, 0) is 4.74 Å². The summed E-state index contributed by atoms with van der Waals surface area (Å²) in [5.74, 6) is 0.848. The number of rotatable bonds is 2. The average molecular weight is 298 g/mol. The second-order valence-electron chi connectivity index (χ2n) is 4.96. The predicted molar refractivity (Wildman–Crippen MR) is 68.1 cm³/mol. The smallest absolute Gasteiger partial charge is 0.139 e. The zero-order valence-electron chi connectivity index (χ0n) is 9.69. The predicted octanol–water partition coefficient (Wildman–Crippen LogP) is 3.32. The molecule has 2 fully saturated rings. The van der Waals surface area contributed by atoms with Gasteiger partial charge in [0.15, 0.2) is 0 Å². The van der Waals surface area contributed by atoms with Crippen molar-refractivity contribution in [2.75, 3.05) is 6.61 Å². The van der Waals surface area contributed by atoms with E-state index < -0.39 is 0 Å². The maximum absolute atomic E-state index is 5.99. The first-order chi connectivity index (χ1) is 8.26. The van der Waals surface area contributed by atoms with Crippen LogP contribution in [0.3, 0.4) is 0 Å². The Labute approximate surface area is 110 Å². The Morgan fingerprint density at radius 1 is 1.41 bits per heavy atom. The standard InChI is InChI=1S/C13H16BrNO2/c14-10-6-12(9-15-8-10)17-11-2-5-16-13(7-11)3-1-4-13/h6,8-9,11H,1-5,7H2. The molecular formula is C13H16BrNO2. The van der Waals surface area contributed by atoms with Crippen LogP contribution in [0.4, 0.5) is 0 Å². The van der Waals surface area contributed by atoms with Gasteiger partial charge in [0.05, 0.1) is 18.4 Å². The summed E-state index contributed by atoms with van der Waals surface area (Å²) in [4.78, 5) is 4.12. The third kappa shape index (κ3) is 2.47. The Morgan fingerprint density at radius 2 is 2.29 bits per heavy atom. The normalized spacial score (nSPS) is 26.5. The Balaban J connectivity index is 1.65. The highest BCUT2D eigenvalue weighted by Crippen LogP contribution is 2.43. The zero-order chi connectivity index (χ0) is 11.7. The highest BCUT2D eigenvalue weighted by atomic mass is 79.9. The van der Waals surface area contributed by atoms with Gasteiger partial charge >= 0.3 is 0 Å². The summed E-state index contributed by atoms with van der Waals surface area (Å²) in [6.07, 6.45) is 9.52. The van der Waals surface area contributed by atoms with Crippen molar-refractivity contribution in [3.8, 4) is 5.75 Å². The Bertz CT molecular complexity index is 406. The fourth-order valence-electron chi connectivity index (χ4n) is 2.65. The van der Waals surface area contributed by atoms with Crippen LogP contribution in [0.1, 0.15) is 32.1 Å². The monoisotopic (exact) mass is 297 g/mol. The van der Waals surface area contributed by atoms with Crippen molar-refractivity contribution in [2.45, 2.75) is 43.8 Å². The summed E-state index contributed by atoms with van der Waals surface area (Å²) in [7, 11) is 0. The quantitative estimate of drug-likeness (QED) is 0.839. The lowest BCUT2D eigenvalue weighted by molar-refractivity contribution is -0.153. The van der Waals surface area contributed by atoms with Gasteiger partial charge in [-0.05, 0) is 41.3 Å². The lowest BCUT2D eigenvalue weighted by atomic mass is 9.74. The molecule has 1 atom stereocenters. The third-order valence-electron chi connectivity index (χ3n) is 3.70. The van der Waals surface area contributed by atoms with E-state index >= 15 is 0 Å². The summed E-state index contributed by atoms with van der Waals surface area (Å²) in [5, 5.41) is 0. The van der Waals surface area contributed by atoms with Gasteiger partial charge in [-0.25, -0.2) is 0 Å². The Kier molecular flexibility index (Phi) is 3.09. The van der Waals surface area contributed by atoms with E-state index in [2.05, 4.69) is 20.9 Å². The molecule has 1 saturated heterocycles. The minimum absolute atomic E-state index is 0.141. The first kappa shape index (κ1) is 11.5. The zero-order valence-corrected chi connectivity index (χ0v) is 11.3. The second-order valence-corrected chi connectivity index (χ2v) is 5.87. The molecule has 3 nitrogen and oxygen atoms in total. The fraction of sp³-hybridized carbons (Fsp3) is 0.615. The van der Waals surface area contributed by atoms with Gasteiger partial charge in [-0.2, -0.15) is 0 Å². The van der Waals surface area contributed by atoms with E-state index in [0.717, 1.165) is 29.7 Å². The van der Waals surface area contributed by atoms with E-state index in [0.29, 0.717) is 0 Å². The molecule has 92 valence electrons. The van der Waals surface area contributed by atoms with Crippen molar-refractivity contribution in [3.63, 3.8) is 0 Å². The number of pyridine rings is 1. The molecule has 1 saturated carbocycles. The molecule has 0 amide bonds. The minimum Gasteiger partial charge on any atom is -0.489 e. The molecule has 2 aliphatic rings.